The van der Waals surface area contributed by atoms with Crippen LogP contribution in [0.3, 0.4) is 0 Å². The molecule has 786 valence electrons. The third-order valence-electron chi connectivity index (χ3n) is 34.7. The Balaban J connectivity index is 0.000000390. The molecule has 0 N–H and O–H groups in total. The van der Waals surface area contributed by atoms with Crippen molar-refractivity contribution >= 4 is 8.07 Å². The molecule has 6 aromatic carbocycles. The molecule has 0 spiro atoms. The zero-order chi connectivity index (χ0) is 95.8. The van der Waals surface area contributed by atoms with Crippen molar-refractivity contribution in [2.75, 3.05) is 26.2 Å². The first-order chi connectivity index (χ1) is 62.5. The standard InChI is InChI=1S/C35H49F2N2Si.C32H42F2N3.C32H43F2N2.C9H17N.C9H18.6CH3.3Os/c1-22(2)30-19-26(25-13-14-29(18-25)40(7,8)28-11-9-10-12-28)20-31(23(3)4)34(30)39-16-15-38(6)35(39)33-24(5)17-27(36)21-32(33)37;1-20(2)27-17-24(23-9-10-26(16-23)36-11-7-8-12-36)18-28(21(3)4)31(27)37-14-13-35(6)32(37)30-22(5)15-25(33)19-29(30)34;1-17(2)26-14-24(30-22(8)20(6)21(7)23(30)9)15-27(18(3)4)31(26)36-12-11-35(10)32(36)29-19(5)13-25(33)16-28(29)34;1-2-6-9(5-1)10-7-3-4-8-10;1-6-5-7(2)9(4)8(6)3;;;;;;;;;/h15-17,19-23,25,28-29H,9-14,18H2,1-8H3;13-15,17-21,23,26H,7-12,16H2,1-6H3;11-18,20-23,30H,1-10H3;9H,1-8H2;6-9H,5H2,1-4H3;6*1H3;;;/q3*+1;;;6*-1;3*+2. The molecule has 0 radical (unpaired) electrons. The summed E-state index contributed by atoms with van der Waals surface area (Å²) in [7, 11) is 4.54. The van der Waals surface area contributed by atoms with Gasteiger partial charge in [-0.05, 0) is 287 Å². The Kier molecular flexibility index (Phi) is 49.6. The predicted molar refractivity (Wildman–Crippen MR) is 579 cm³/mol. The molecular weight excluding hydrogens is 2300 g/mol. The Morgan fingerprint density at radius 3 is 0.887 bits per heavy atom. The number of aromatic nitrogens is 6. The number of hydrogen-bond donors (Lipinski definition) is 0. The van der Waals surface area contributed by atoms with Crippen LogP contribution in [0.15, 0.2) is 110 Å². The molecule has 2 saturated heterocycles. The molecule has 8 aliphatic rings. The van der Waals surface area contributed by atoms with Crippen molar-refractivity contribution < 1.29 is 99.4 Å². The van der Waals surface area contributed by atoms with E-state index in [4.69, 9.17) is 0 Å². The minimum Gasteiger partial charge on any atom is -0.358 e. The van der Waals surface area contributed by atoms with Crippen LogP contribution in [0, 0.1) is 148 Å². The maximum Gasteiger partial charge on any atom is 2.00 e. The van der Waals surface area contributed by atoms with Gasteiger partial charge in [-0.15, -0.1) is 0 Å². The van der Waals surface area contributed by atoms with Crippen molar-refractivity contribution in [2.45, 2.75) is 371 Å². The summed E-state index contributed by atoms with van der Waals surface area (Å²) in [4.78, 5) is 5.42. The van der Waals surface area contributed by atoms with Gasteiger partial charge in [-0.1, -0.05) is 233 Å². The fourth-order valence-electron chi connectivity index (χ4n) is 25.9. The first-order valence-corrected chi connectivity index (χ1v) is 55.3. The van der Waals surface area contributed by atoms with E-state index in [0.717, 1.165) is 99.6 Å². The van der Waals surface area contributed by atoms with Crippen LogP contribution in [-0.4, -0.2) is 69.8 Å². The second kappa shape index (κ2) is 54.7. The molecule has 6 aliphatic carbocycles. The van der Waals surface area contributed by atoms with Gasteiger partial charge in [0.2, 0.25) is 0 Å². The molecule has 12 atom stereocenters. The Hall–Kier alpha value is -5.42. The topological polar surface area (TPSA) is 32.9 Å². The zero-order valence-electron chi connectivity index (χ0n) is 93.7. The van der Waals surface area contributed by atoms with Gasteiger partial charge in [-0.2, -0.15) is 13.7 Å². The van der Waals surface area contributed by atoms with Gasteiger partial charge in [0.05, 0.1) is 29.2 Å². The molecule has 6 saturated carbocycles. The van der Waals surface area contributed by atoms with E-state index in [-0.39, 0.29) is 104 Å². The van der Waals surface area contributed by atoms with Gasteiger partial charge in [0.15, 0.2) is 0 Å². The second-order valence-electron chi connectivity index (χ2n) is 45.6. The molecule has 8 nitrogen and oxygen atoms in total. The van der Waals surface area contributed by atoms with Crippen LogP contribution < -0.4 is 13.7 Å². The first-order valence-electron chi connectivity index (χ1n) is 52.1. The molecule has 141 heavy (non-hydrogen) atoms. The average molecular weight is 2490 g/mol. The Labute approximate surface area is 896 Å². The molecule has 12 unspecified atom stereocenters. The number of benzene rings is 6. The normalized spacial score (nSPS) is 22.9. The fourth-order valence-corrected chi connectivity index (χ4v) is 30.2. The number of rotatable bonds is 19. The van der Waals surface area contributed by atoms with Crippen molar-refractivity contribution in [2.24, 2.45) is 68.5 Å². The van der Waals surface area contributed by atoms with E-state index in [2.05, 4.69) is 211 Å². The summed E-state index contributed by atoms with van der Waals surface area (Å²) in [6.45, 7) is 62.3. The van der Waals surface area contributed by atoms with E-state index >= 15 is 13.2 Å². The number of likely N-dealkylation sites (tertiary alicyclic amines) is 2. The summed E-state index contributed by atoms with van der Waals surface area (Å²) in [5.74, 6) is 9.04. The van der Waals surface area contributed by atoms with Crippen LogP contribution in [0.5, 0.6) is 0 Å². The third kappa shape index (κ3) is 27.8. The second-order valence-corrected chi connectivity index (χ2v) is 50.9. The summed E-state index contributed by atoms with van der Waals surface area (Å²) >= 11 is 0. The quantitative estimate of drug-likeness (QED) is 0.0350. The van der Waals surface area contributed by atoms with Crippen molar-refractivity contribution in [3.05, 3.63) is 256 Å². The van der Waals surface area contributed by atoms with Crippen molar-refractivity contribution in [3.8, 4) is 51.2 Å². The maximum absolute atomic E-state index is 15.3. The fraction of sp³-hybridized carbons (Fsp3) is 0.585. The number of halogens is 6. The van der Waals surface area contributed by atoms with Crippen LogP contribution in [-0.2, 0) is 80.5 Å². The number of hydrogen-bond acceptors (Lipinski definition) is 2. The van der Waals surface area contributed by atoms with Crippen molar-refractivity contribution in [3.63, 3.8) is 0 Å². The predicted octanol–water partition coefficient (Wildman–Crippen LogP) is 33.7. The van der Waals surface area contributed by atoms with Crippen LogP contribution in [0.1, 0.15) is 380 Å². The molecule has 18 heteroatoms. The van der Waals surface area contributed by atoms with Crippen LogP contribution in [0.4, 0.5) is 26.3 Å². The van der Waals surface area contributed by atoms with Gasteiger partial charge in [0.25, 0.3) is 17.5 Å². The summed E-state index contributed by atoms with van der Waals surface area (Å²) in [5.41, 5.74) is 20.7. The van der Waals surface area contributed by atoms with Gasteiger partial charge < -0.3 is 54.4 Å². The smallest absolute Gasteiger partial charge is 0.358 e. The molecule has 3 aromatic heterocycles. The third-order valence-corrected chi connectivity index (χ3v) is 40.0. The van der Waals surface area contributed by atoms with Gasteiger partial charge in [-0.25, -0.2) is 40.0 Å². The zero-order valence-corrected chi connectivity index (χ0v) is 102. The Bertz CT molecular complexity index is 5240. The minimum absolute atomic E-state index is 0. The summed E-state index contributed by atoms with van der Waals surface area (Å²) < 4.78 is 100. The molecule has 0 amide bonds. The molecule has 2 aliphatic heterocycles. The Morgan fingerprint density at radius 1 is 0.312 bits per heavy atom. The van der Waals surface area contributed by atoms with Gasteiger partial charge in [0.1, 0.15) is 106 Å². The van der Waals surface area contributed by atoms with E-state index in [1.165, 1.54) is 216 Å². The van der Waals surface area contributed by atoms with E-state index < -0.39 is 43.0 Å². The van der Waals surface area contributed by atoms with E-state index in [0.29, 0.717) is 110 Å². The summed E-state index contributed by atoms with van der Waals surface area (Å²) in [6, 6.07) is 23.6. The summed E-state index contributed by atoms with van der Waals surface area (Å²) in [5, 5.41) is 0. The van der Waals surface area contributed by atoms with Gasteiger partial charge in [-0.3, -0.25) is 0 Å². The first kappa shape index (κ1) is 128. The molecule has 17 rings (SSSR count). The number of nitrogens with zero attached hydrogens (tertiary/aromatic N) is 8. The van der Waals surface area contributed by atoms with Crippen LogP contribution in [0.25, 0.3) is 51.2 Å². The van der Waals surface area contributed by atoms with E-state index in [9.17, 15) is 13.2 Å². The largest absolute Gasteiger partial charge is 2.00 e. The number of imidazole rings is 3. The van der Waals surface area contributed by atoms with Gasteiger partial charge in [0, 0.05) is 63.7 Å². The van der Waals surface area contributed by atoms with E-state index in [1.807, 2.05) is 72.0 Å². The maximum atomic E-state index is 15.3. The van der Waals surface area contributed by atoms with Crippen LogP contribution in [0.2, 0.25) is 24.2 Å². The molecular formula is C123H187F6N8Os3Si+3. The Morgan fingerprint density at radius 2 is 0.596 bits per heavy atom. The SMILES string of the molecule is C1CCC(N2CCCC2)C1.CC1CC(C)C(C)C1C.Cc1cc(F)cc(F)c1-c1n(-c2c(C(C)C)cc(C3C(C)C(C)C(C)C3C)cc2C(C)C)cc[n+]1C.Cc1cc(F)cc(F)c1-c1n(-c2c(C(C)C)cc(C3CCC(N4CCCC4)C3)cc2C(C)C)cc[n+]1C.Cc1cc(F)cc(F)c1-c1n(-c2c(C(C)C)cc(C3CCC([Si](C)(C)C4CCCC4)C3)cc2C(C)C)cc[n+]1C.[CH3-].[CH3-].[CH3-].[CH3-].[CH3-].[CH3-].[Os+2].[Os+2].[Os+2]. The molecule has 8 fully saturated rings. The molecule has 9 aromatic rings. The van der Waals surface area contributed by atoms with E-state index in [1.54, 1.807) is 20.8 Å². The van der Waals surface area contributed by atoms with Crippen LogP contribution >= 0.6 is 0 Å². The number of aryl methyl sites for hydroxylation is 6. The monoisotopic (exact) mass is 2490 g/mol. The average Bonchev–Trinajstić information content (AvgIpc) is 1.73. The molecule has 5 heterocycles. The van der Waals surface area contributed by atoms with Crippen molar-refractivity contribution in [1.29, 1.82) is 0 Å². The van der Waals surface area contributed by atoms with Gasteiger partial charge >= 0.3 is 59.4 Å². The minimum atomic E-state index is -1.27. The summed E-state index contributed by atoms with van der Waals surface area (Å²) in [6.07, 6.45) is 38.6. The molecule has 0 bridgehead atoms. The van der Waals surface area contributed by atoms with Crippen molar-refractivity contribution in [1.82, 2.24) is 23.5 Å².